The highest BCUT2D eigenvalue weighted by Gasteiger charge is 1.99. The maximum absolute atomic E-state index is 11.5. The van der Waals surface area contributed by atoms with Gasteiger partial charge in [-0.15, -0.1) is 0 Å². The first-order valence-electron chi connectivity index (χ1n) is 4.95. The maximum atomic E-state index is 11.5. The van der Waals surface area contributed by atoms with Crippen LogP contribution in [0.4, 0.5) is 0 Å². The molecule has 0 fully saturated rings. The Bertz CT molecular complexity index is 361. The highest BCUT2D eigenvalue weighted by molar-refractivity contribution is 6.04. The lowest BCUT2D eigenvalue weighted by molar-refractivity contribution is -0.107. The van der Waals surface area contributed by atoms with Gasteiger partial charge in [0.2, 0.25) is 0 Å². The van der Waals surface area contributed by atoms with Gasteiger partial charge < -0.3 is 4.79 Å². The van der Waals surface area contributed by atoms with Crippen LogP contribution < -0.4 is 0 Å². The summed E-state index contributed by atoms with van der Waals surface area (Å²) in [5.41, 5.74) is 1.82. The molecule has 0 aliphatic carbocycles. The lowest BCUT2D eigenvalue weighted by atomic mass is 10.1. The third-order valence-corrected chi connectivity index (χ3v) is 2.06. The summed E-state index contributed by atoms with van der Waals surface area (Å²) in [6.45, 7) is 1.98. The van der Waals surface area contributed by atoms with Crippen molar-refractivity contribution in [3.8, 4) is 0 Å². The van der Waals surface area contributed by atoms with E-state index in [1.807, 2.05) is 31.2 Å². The van der Waals surface area contributed by atoms with Crippen molar-refractivity contribution in [1.29, 1.82) is 0 Å². The predicted molar refractivity (Wildman–Crippen MR) is 59.9 cm³/mol. The number of hydrogen-bond donors (Lipinski definition) is 0. The van der Waals surface area contributed by atoms with E-state index < -0.39 is 0 Å². The van der Waals surface area contributed by atoms with Crippen molar-refractivity contribution in [3.63, 3.8) is 0 Å². The van der Waals surface area contributed by atoms with Crippen molar-refractivity contribution in [2.24, 2.45) is 0 Å². The van der Waals surface area contributed by atoms with Gasteiger partial charge in [-0.2, -0.15) is 0 Å². The zero-order valence-corrected chi connectivity index (χ0v) is 8.77. The second-order valence-corrected chi connectivity index (χ2v) is 3.38. The van der Waals surface area contributed by atoms with E-state index in [0.29, 0.717) is 18.4 Å². The first kappa shape index (κ1) is 11.4. The van der Waals surface area contributed by atoms with Crippen LogP contribution in [0.2, 0.25) is 0 Å². The van der Waals surface area contributed by atoms with Gasteiger partial charge in [0.05, 0.1) is 0 Å². The van der Waals surface area contributed by atoms with E-state index in [4.69, 9.17) is 0 Å². The largest absolute Gasteiger partial charge is 0.303 e. The number of carbonyl (C=O) groups is 2. The number of aryl methyl sites for hydroxylation is 1. The molecule has 0 heterocycles. The molecule has 0 amide bonds. The van der Waals surface area contributed by atoms with E-state index in [0.717, 1.165) is 11.8 Å². The first-order valence-corrected chi connectivity index (χ1v) is 4.95. The first-order chi connectivity index (χ1) is 7.24. The highest BCUT2D eigenvalue weighted by Crippen LogP contribution is 2.05. The summed E-state index contributed by atoms with van der Waals surface area (Å²) in [7, 11) is 0. The van der Waals surface area contributed by atoms with Crippen LogP contribution in [-0.2, 0) is 4.79 Å². The van der Waals surface area contributed by atoms with Crippen LogP contribution in [0.1, 0.15) is 28.8 Å². The summed E-state index contributed by atoms with van der Waals surface area (Å²) in [5, 5.41) is 0. The van der Waals surface area contributed by atoms with E-state index in [-0.39, 0.29) is 5.78 Å². The van der Waals surface area contributed by atoms with Crippen molar-refractivity contribution in [2.45, 2.75) is 19.8 Å². The molecule has 0 aliphatic rings. The van der Waals surface area contributed by atoms with E-state index in [9.17, 15) is 9.59 Å². The molecule has 2 nitrogen and oxygen atoms in total. The summed E-state index contributed by atoms with van der Waals surface area (Å²) in [6, 6.07) is 7.43. The second-order valence-electron chi connectivity index (χ2n) is 3.38. The number of benzene rings is 1. The average Bonchev–Trinajstić information content (AvgIpc) is 2.25. The second kappa shape index (κ2) is 5.91. The van der Waals surface area contributed by atoms with Crippen molar-refractivity contribution in [1.82, 2.24) is 0 Å². The van der Waals surface area contributed by atoms with Crippen LogP contribution >= 0.6 is 0 Å². The number of rotatable bonds is 5. The number of carbonyl (C=O) groups excluding carboxylic acids is 2. The normalized spacial score (nSPS) is 10.5. The molecule has 0 aliphatic heterocycles. The van der Waals surface area contributed by atoms with Gasteiger partial charge in [0, 0.05) is 12.0 Å². The SMILES string of the molecule is Cc1ccc(C(=O)/C=C/CCC=O)cc1. The standard InChI is InChI=1S/C13H14O2/c1-11-6-8-12(9-7-11)13(15)5-3-2-4-10-14/h3,5-10H,2,4H2,1H3/b5-3+. The van der Waals surface area contributed by atoms with Gasteiger partial charge in [-0.25, -0.2) is 0 Å². The minimum atomic E-state index is -0.0131. The van der Waals surface area contributed by atoms with Crippen molar-refractivity contribution in [3.05, 3.63) is 47.5 Å². The van der Waals surface area contributed by atoms with Crippen molar-refractivity contribution < 1.29 is 9.59 Å². The summed E-state index contributed by atoms with van der Waals surface area (Å²) in [6.07, 6.45) is 5.20. The van der Waals surface area contributed by atoms with Crippen molar-refractivity contribution >= 4 is 12.1 Å². The quantitative estimate of drug-likeness (QED) is 0.318. The summed E-state index contributed by atoms with van der Waals surface area (Å²) in [5.74, 6) is -0.0131. The van der Waals surface area contributed by atoms with Gasteiger partial charge in [0.25, 0.3) is 0 Å². The molecular weight excluding hydrogens is 188 g/mol. The van der Waals surface area contributed by atoms with Gasteiger partial charge in [-0.1, -0.05) is 35.9 Å². The maximum Gasteiger partial charge on any atom is 0.185 e. The molecule has 0 radical (unpaired) electrons. The Morgan fingerprint density at radius 2 is 1.87 bits per heavy atom. The molecule has 0 unspecified atom stereocenters. The van der Waals surface area contributed by atoms with Crippen molar-refractivity contribution in [2.75, 3.05) is 0 Å². The molecule has 0 atom stereocenters. The third-order valence-electron chi connectivity index (χ3n) is 2.06. The Labute approximate surface area is 89.6 Å². The van der Waals surface area contributed by atoms with Crippen LogP contribution in [0, 0.1) is 6.92 Å². The number of unbranched alkanes of at least 4 members (excludes halogenated alkanes) is 1. The van der Waals surface area contributed by atoms with E-state index in [1.54, 1.807) is 6.08 Å². The zero-order valence-electron chi connectivity index (χ0n) is 8.77. The lowest BCUT2D eigenvalue weighted by Gasteiger charge is -1.96. The van der Waals surface area contributed by atoms with Gasteiger partial charge in [0.1, 0.15) is 6.29 Å². The Balaban J connectivity index is 2.57. The van der Waals surface area contributed by atoms with Gasteiger partial charge in [-0.3, -0.25) is 4.79 Å². The number of ketones is 1. The number of aldehydes is 1. The molecule has 1 aromatic rings. The van der Waals surface area contributed by atoms with Crippen LogP contribution in [0.3, 0.4) is 0 Å². The monoisotopic (exact) mass is 202 g/mol. The fourth-order valence-corrected chi connectivity index (χ4v) is 1.17. The predicted octanol–water partition coefficient (Wildman–Crippen LogP) is 2.71. The Morgan fingerprint density at radius 3 is 2.47 bits per heavy atom. The van der Waals surface area contributed by atoms with E-state index >= 15 is 0 Å². The van der Waals surface area contributed by atoms with Gasteiger partial charge in [-0.05, 0) is 19.4 Å². The molecule has 0 saturated heterocycles. The molecular formula is C13H14O2. The number of hydrogen-bond acceptors (Lipinski definition) is 2. The van der Waals surface area contributed by atoms with Gasteiger partial charge in [0.15, 0.2) is 5.78 Å². The molecule has 1 aromatic carbocycles. The molecule has 1 rings (SSSR count). The summed E-state index contributed by atoms with van der Waals surface area (Å²) < 4.78 is 0. The smallest absolute Gasteiger partial charge is 0.185 e. The van der Waals surface area contributed by atoms with E-state index in [1.165, 1.54) is 6.08 Å². The zero-order chi connectivity index (χ0) is 11.1. The molecule has 0 N–H and O–H groups in total. The number of allylic oxidation sites excluding steroid dienone is 2. The summed E-state index contributed by atoms with van der Waals surface area (Å²) >= 11 is 0. The lowest BCUT2D eigenvalue weighted by Crippen LogP contribution is -1.93. The Hall–Kier alpha value is -1.70. The highest BCUT2D eigenvalue weighted by atomic mass is 16.1. The topological polar surface area (TPSA) is 34.1 Å². The van der Waals surface area contributed by atoms with Crippen LogP contribution in [0.5, 0.6) is 0 Å². The fourth-order valence-electron chi connectivity index (χ4n) is 1.17. The molecule has 78 valence electrons. The fraction of sp³-hybridized carbons (Fsp3) is 0.231. The molecule has 0 spiro atoms. The Kier molecular flexibility index (Phi) is 4.48. The molecule has 2 heteroatoms. The van der Waals surface area contributed by atoms with Gasteiger partial charge >= 0.3 is 0 Å². The molecule has 0 bridgehead atoms. The average molecular weight is 202 g/mol. The minimum Gasteiger partial charge on any atom is -0.303 e. The minimum absolute atomic E-state index is 0.0131. The van der Waals surface area contributed by atoms with Crippen LogP contribution in [0.15, 0.2) is 36.4 Å². The molecule has 15 heavy (non-hydrogen) atoms. The summed E-state index contributed by atoms with van der Waals surface area (Å²) in [4.78, 5) is 21.6. The van der Waals surface area contributed by atoms with E-state index in [2.05, 4.69) is 0 Å². The third kappa shape index (κ3) is 3.90. The Morgan fingerprint density at radius 1 is 1.20 bits per heavy atom. The van der Waals surface area contributed by atoms with Crippen LogP contribution in [-0.4, -0.2) is 12.1 Å². The molecule has 0 aromatic heterocycles. The van der Waals surface area contributed by atoms with Crippen LogP contribution in [0.25, 0.3) is 0 Å². The molecule has 0 saturated carbocycles.